The first kappa shape index (κ1) is 17.6. The van der Waals surface area contributed by atoms with Gasteiger partial charge in [0.05, 0.1) is 23.4 Å². The molecule has 0 aliphatic carbocycles. The van der Waals surface area contributed by atoms with Crippen LogP contribution in [0.5, 0.6) is 0 Å². The summed E-state index contributed by atoms with van der Waals surface area (Å²) < 4.78 is 15.0. The summed E-state index contributed by atoms with van der Waals surface area (Å²) in [5.41, 5.74) is 3.73. The quantitative estimate of drug-likeness (QED) is 0.481. The molecule has 4 aromatic rings. The maximum Gasteiger partial charge on any atom is 0.230 e. The van der Waals surface area contributed by atoms with E-state index in [1.807, 2.05) is 48.2 Å². The fourth-order valence-electron chi connectivity index (χ4n) is 4.16. The van der Waals surface area contributed by atoms with Crippen LogP contribution < -0.4 is 4.90 Å². The topological polar surface area (TPSA) is 38.1 Å². The minimum absolute atomic E-state index is 0.0159. The van der Waals surface area contributed by atoms with E-state index in [9.17, 15) is 9.18 Å². The van der Waals surface area contributed by atoms with Crippen LogP contribution in [0.2, 0.25) is 0 Å². The number of aromatic nitrogens is 2. The van der Waals surface area contributed by atoms with Gasteiger partial charge in [0, 0.05) is 17.0 Å². The van der Waals surface area contributed by atoms with Crippen LogP contribution in [0.3, 0.4) is 0 Å². The van der Waals surface area contributed by atoms with E-state index in [0.717, 1.165) is 34.3 Å². The predicted octanol–water partition coefficient (Wildman–Crippen LogP) is 5.28. The smallest absolute Gasteiger partial charge is 0.230 e. The van der Waals surface area contributed by atoms with Gasteiger partial charge in [-0.15, -0.1) is 0 Å². The molecule has 1 saturated heterocycles. The van der Waals surface area contributed by atoms with Crippen molar-refractivity contribution < 1.29 is 9.18 Å². The van der Waals surface area contributed by atoms with Crippen LogP contribution in [0.15, 0.2) is 79.0 Å². The van der Waals surface area contributed by atoms with Crippen molar-refractivity contribution in [2.45, 2.75) is 19.4 Å². The summed E-state index contributed by atoms with van der Waals surface area (Å²) in [5, 5.41) is 5.40. The van der Waals surface area contributed by atoms with E-state index in [1.54, 1.807) is 23.0 Å². The number of hydrogen-bond acceptors (Lipinski definition) is 2. The Morgan fingerprint density at radius 1 is 0.966 bits per heavy atom. The average Bonchev–Trinajstić information content (AvgIpc) is 3.30. The molecule has 0 saturated carbocycles. The van der Waals surface area contributed by atoms with E-state index < -0.39 is 0 Å². The third kappa shape index (κ3) is 2.99. The molecule has 3 aromatic carbocycles. The molecule has 1 aromatic heterocycles. The summed E-state index contributed by atoms with van der Waals surface area (Å²) in [7, 11) is 0. The maximum atomic E-state index is 13.2. The molecule has 0 N–H and O–H groups in total. The van der Waals surface area contributed by atoms with E-state index >= 15 is 0 Å². The minimum atomic E-state index is -0.277. The number of carbonyl (C=O) groups is 1. The zero-order valence-electron chi connectivity index (χ0n) is 16.0. The molecule has 5 heteroatoms. The SMILES string of the molecule is C[C@H]1C[C@@H](c2ccccc2)N(c2ccc3c(cnn3-c3ccc(F)cc3)c2)C1=O. The Hall–Kier alpha value is -3.47. The Kier molecular flexibility index (Phi) is 4.16. The van der Waals surface area contributed by atoms with Crippen LogP contribution in [-0.4, -0.2) is 15.7 Å². The molecule has 1 aliphatic heterocycles. The summed E-state index contributed by atoms with van der Waals surface area (Å²) in [6, 6.07) is 22.4. The highest BCUT2D eigenvalue weighted by Gasteiger charge is 2.38. The Bertz CT molecular complexity index is 1180. The molecule has 1 aliphatic rings. The number of anilines is 1. The van der Waals surface area contributed by atoms with Crippen molar-refractivity contribution in [2.24, 2.45) is 5.92 Å². The van der Waals surface area contributed by atoms with E-state index in [0.29, 0.717) is 0 Å². The summed E-state index contributed by atoms with van der Waals surface area (Å²) >= 11 is 0. The van der Waals surface area contributed by atoms with Gasteiger partial charge in [0.1, 0.15) is 5.82 Å². The monoisotopic (exact) mass is 385 g/mol. The van der Waals surface area contributed by atoms with Gasteiger partial charge in [0.15, 0.2) is 0 Å². The highest BCUT2D eigenvalue weighted by Crippen LogP contribution is 2.40. The molecule has 1 amide bonds. The van der Waals surface area contributed by atoms with E-state index in [4.69, 9.17) is 0 Å². The lowest BCUT2D eigenvalue weighted by Crippen LogP contribution is -2.28. The standard InChI is InChI=1S/C24H20FN3O/c1-16-13-23(17-5-3-2-4-6-17)27(24(16)29)21-11-12-22-18(14-21)15-26-28(22)20-9-7-19(25)8-10-20/h2-12,14-16,23H,13H2,1H3/t16-,23-/m0/s1. The Morgan fingerprint density at radius 2 is 1.69 bits per heavy atom. The zero-order valence-corrected chi connectivity index (χ0v) is 16.0. The fraction of sp³-hybridized carbons (Fsp3) is 0.167. The lowest BCUT2D eigenvalue weighted by atomic mass is 10.0. The van der Waals surface area contributed by atoms with Crippen LogP contribution >= 0.6 is 0 Å². The van der Waals surface area contributed by atoms with Crippen LogP contribution in [0.4, 0.5) is 10.1 Å². The summed E-state index contributed by atoms with van der Waals surface area (Å²) in [6.07, 6.45) is 2.58. The number of hydrogen-bond donors (Lipinski definition) is 0. The maximum absolute atomic E-state index is 13.2. The summed E-state index contributed by atoms with van der Waals surface area (Å²) in [6.45, 7) is 1.99. The summed E-state index contributed by atoms with van der Waals surface area (Å²) in [5.74, 6) is -0.150. The van der Waals surface area contributed by atoms with Gasteiger partial charge in [-0.05, 0) is 54.4 Å². The molecule has 29 heavy (non-hydrogen) atoms. The van der Waals surface area contributed by atoms with Crippen LogP contribution in [-0.2, 0) is 4.79 Å². The van der Waals surface area contributed by atoms with Crippen molar-refractivity contribution in [1.82, 2.24) is 9.78 Å². The largest absolute Gasteiger partial charge is 0.305 e. The Labute approximate surface area is 168 Å². The number of nitrogens with zero attached hydrogens (tertiary/aromatic N) is 3. The molecule has 5 rings (SSSR count). The fourth-order valence-corrected chi connectivity index (χ4v) is 4.16. The predicted molar refractivity (Wildman–Crippen MR) is 111 cm³/mol. The molecular weight excluding hydrogens is 365 g/mol. The normalized spacial score (nSPS) is 19.2. The van der Waals surface area contributed by atoms with Gasteiger partial charge in [-0.3, -0.25) is 4.79 Å². The molecule has 0 bridgehead atoms. The van der Waals surface area contributed by atoms with Gasteiger partial charge in [-0.2, -0.15) is 5.10 Å². The second-order valence-electron chi connectivity index (χ2n) is 7.55. The number of carbonyl (C=O) groups excluding carboxylic acids is 1. The first-order valence-corrected chi connectivity index (χ1v) is 9.73. The lowest BCUT2D eigenvalue weighted by Gasteiger charge is -2.25. The van der Waals surface area contributed by atoms with Gasteiger partial charge in [0.25, 0.3) is 0 Å². The van der Waals surface area contributed by atoms with Crippen LogP contribution in [0, 0.1) is 11.7 Å². The second-order valence-corrected chi connectivity index (χ2v) is 7.55. The minimum Gasteiger partial charge on any atom is -0.305 e. The molecule has 0 spiro atoms. The van der Waals surface area contributed by atoms with Crippen LogP contribution in [0.25, 0.3) is 16.6 Å². The number of fused-ring (bicyclic) bond motifs is 1. The number of halogens is 1. The first-order chi connectivity index (χ1) is 14.1. The Balaban J connectivity index is 1.56. The van der Waals surface area contributed by atoms with E-state index in [1.165, 1.54) is 12.1 Å². The molecular formula is C24H20FN3O. The molecule has 2 atom stereocenters. The second kappa shape index (κ2) is 6.85. The third-order valence-electron chi connectivity index (χ3n) is 5.63. The average molecular weight is 385 g/mol. The summed E-state index contributed by atoms with van der Waals surface area (Å²) in [4.78, 5) is 14.9. The molecule has 144 valence electrons. The van der Waals surface area contributed by atoms with Crippen molar-refractivity contribution in [3.05, 3.63) is 90.4 Å². The van der Waals surface area contributed by atoms with Gasteiger partial charge >= 0.3 is 0 Å². The van der Waals surface area contributed by atoms with E-state index in [-0.39, 0.29) is 23.7 Å². The number of benzene rings is 3. The number of rotatable bonds is 3. The first-order valence-electron chi connectivity index (χ1n) is 9.73. The highest BCUT2D eigenvalue weighted by atomic mass is 19.1. The van der Waals surface area contributed by atoms with Crippen molar-refractivity contribution in [3.8, 4) is 5.69 Å². The van der Waals surface area contributed by atoms with Gasteiger partial charge < -0.3 is 4.90 Å². The molecule has 0 radical (unpaired) electrons. The van der Waals surface area contributed by atoms with Gasteiger partial charge in [-0.25, -0.2) is 9.07 Å². The molecule has 1 fully saturated rings. The van der Waals surface area contributed by atoms with Crippen LogP contribution in [0.1, 0.15) is 24.9 Å². The lowest BCUT2D eigenvalue weighted by molar-refractivity contribution is -0.120. The van der Waals surface area contributed by atoms with Crippen molar-refractivity contribution in [1.29, 1.82) is 0 Å². The molecule has 2 heterocycles. The van der Waals surface area contributed by atoms with Gasteiger partial charge in [0.2, 0.25) is 5.91 Å². The van der Waals surface area contributed by atoms with Crippen molar-refractivity contribution in [2.75, 3.05) is 4.90 Å². The Morgan fingerprint density at radius 3 is 2.45 bits per heavy atom. The van der Waals surface area contributed by atoms with Crippen molar-refractivity contribution in [3.63, 3.8) is 0 Å². The molecule has 4 nitrogen and oxygen atoms in total. The van der Waals surface area contributed by atoms with Gasteiger partial charge in [-0.1, -0.05) is 37.3 Å². The third-order valence-corrected chi connectivity index (χ3v) is 5.63. The highest BCUT2D eigenvalue weighted by molar-refractivity contribution is 5.99. The van der Waals surface area contributed by atoms with E-state index in [2.05, 4.69) is 17.2 Å². The van der Waals surface area contributed by atoms with Crippen molar-refractivity contribution >= 4 is 22.5 Å². The number of amides is 1. The molecule has 0 unspecified atom stereocenters. The zero-order chi connectivity index (χ0) is 20.0.